The number of carbonyl (C=O) groups excluding carboxylic acids is 1. The summed E-state index contributed by atoms with van der Waals surface area (Å²) < 4.78 is 5.69. The van der Waals surface area contributed by atoms with Gasteiger partial charge in [0.1, 0.15) is 0 Å². The first kappa shape index (κ1) is 12.0. The van der Waals surface area contributed by atoms with E-state index in [4.69, 9.17) is 4.42 Å². The zero-order chi connectivity index (χ0) is 12.5. The van der Waals surface area contributed by atoms with Crippen LogP contribution in [0.5, 0.6) is 0 Å². The van der Waals surface area contributed by atoms with E-state index in [0.29, 0.717) is 10.6 Å². The molecule has 1 aromatic rings. The van der Waals surface area contributed by atoms with Crippen LogP contribution in [0.25, 0.3) is 0 Å². The van der Waals surface area contributed by atoms with Crippen LogP contribution < -0.4 is 5.43 Å². The summed E-state index contributed by atoms with van der Waals surface area (Å²) in [5.41, 5.74) is 2.51. The van der Waals surface area contributed by atoms with Crippen LogP contribution in [0, 0.1) is 17.8 Å². The number of nitrogens with one attached hydrogen (secondary N) is 1. The third-order valence-electron chi connectivity index (χ3n) is 4.02. The van der Waals surface area contributed by atoms with Gasteiger partial charge in [0, 0.05) is 6.21 Å². The standard InChI is InChI=1S/C13H15BrN2O2/c14-12-4-3-11(18-12)13(17)16-15-7-10-6-8-1-2-9(10)5-8/h3-4,7-10H,1-2,5-6H2,(H,16,17)/b15-7-/t8-,9-,10+/m1/s1. The van der Waals surface area contributed by atoms with Crippen LogP contribution in [0.15, 0.2) is 26.3 Å². The molecular weight excluding hydrogens is 296 g/mol. The van der Waals surface area contributed by atoms with Gasteiger partial charge in [-0.25, -0.2) is 5.43 Å². The van der Waals surface area contributed by atoms with Gasteiger partial charge in [-0.05, 0) is 65.1 Å². The second kappa shape index (κ2) is 4.88. The van der Waals surface area contributed by atoms with Crippen molar-refractivity contribution in [3.8, 4) is 0 Å². The van der Waals surface area contributed by atoms with E-state index in [-0.39, 0.29) is 11.7 Å². The number of furan rings is 1. The maximum Gasteiger partial charge on any atom is 0.307 e. The highest BCUT2D eigenvalue weighted by Crippen LogP contribution is 2.47. The van der Waals surface area contributed by atoms with Gasteiger partial charge in [0.05, 0.1) is 0 Å². The van der Waals surface area contributed by atoms with Gasteiger partial charge < -0.3 is 4.42 Å². The molecule has 2 saturated carbocycles. The molecule has 5 heteroatoms. The molecule has 2 aliphatic carbocycles. The van der Waals surface area contributed by atoms with Crippen LogP contribution in [-0.4, -0.2) is 12.1 Å². The maximum absolute atomic E-state index is 11.7. The Balaban J connectivity index is 1.53. The molecule has 0 aromatic carbocycles. The van der Waals surface area contributed by atoms with Crippen LogP contribution in [-0.2, 0) is 0 Å². The fraction of sp³-hybridized carbons (Fsp3) is 0.538. The quantitative estimate of drug-likeness (QED) is 0.688. The molecule has 1 heterocycles. The summed E-state index contributed by atoms with van der Waals surface area (Å²) in [6.07, 6.45) is 7.17. The molecule has 0 saturated heterocycles. The van der Waals surface area contributed by atoms with Crippen molar-refractivity contribution >= 4 is 28.1 Å². The van der Waals surface area contributed by atoms with Gasteiger partial charge in [0.25, 0.3) is 0 Å². The fourth-order valence-corrected chi connectivity index (χ4v) is 3.47. The van der Waals surface area contributed by atoms with Gasteiger partial charge in [0.2, 0.25) is 0 Å². The lowest BCUT2D eigenvalue weighted by molar-refractivity contribution is 0.0926. The largest absolute Gasteiger partial charge is 0.444 e. The van der Waals surface area contributed by atoms with Crippen LogP contribution >= 0.6 is 15.9 Å². The lowest BCUT2D eigenvalue weighted by Crippen LogP contribution is -2.19. The first-order valence-corrected chi connectivity index (χ1v) is 7.10. The highest BCUT2D eigenvalue weighted by molar-refractivity contribution is 9.10. The van der Waals surface area contributed by atoms with Crippen LogP contribution in [0.3, 0.4) is 0 Å². The first-order chi connectivity index (χ1) is 8.72. The van der Waals surface area contributed by atoms with E-state index >= 15 is 0 Å². The SMILES string of the molecule is O=C(N/N=C\[C@@H]1C[C@@H]2CC[C@@H]1C2)c1ccc(Br)o1. The number of carbonyl (C=O) groups is 1. The third kappa shape index (κ3) is 2.36. The van der Waals surface area contributed by atoms with Crippen molar-refractivity contribution in [2.24, 2.45) is 22.9 Å². The van der Waals surface area contributed by atoms with E-state index in [1.54, 1.807) is 12.1 Å². The lowest BCUT2D eigenvalue weighted by atomic mass is 9.90. The molecule has 96 valence electrons. The second-order valence-corrected chi connectivity index (χ2v) is 5.94. The predicted octanol–water partition coefficient (Wildman–Crippen LogP) is 3.19. The van der Waals surface area contributed by atoms with E-state index < -0.39 is 0 Å². The Kier molecular flexibility index (Phi) is 3.24. The molecule has 18 heavy (non-hydrogen) atoms. The van der Waals surface area contributed by atoms with Gasteiger partial charge in [-0.3, -0.25) is 4.79 Å². The number of hydrogen-bond acceptors (Lipinski definition) is 3. The van der Waals surface area contributed by atoms with E-state index in [0.717, 1.165) is 11.8 Å². The predicted molar refractivity (Wildman–Crippen MR) is 71.3 cm³/mol. The Labute approximate surface area is 114 Å². The van der Waals surface area contributed by atoms with Gasteiger partial charge >= 0.3 is 5.91 Å². The summed E-state index contributed by atoms with van der Waals surface area (Å²) in [6.45, 7) is 0. The second-order valence-electron chi connectivity index (χ2n) is 5.16. The van der Waals surface area contributed by atoms with Crippen molar-refractivity contribution in [3.05, 3.63) is 22.6 Å². The molecule has 1 amide bonds. The van der Waals surface area contributed by atoms with Crippen molar-refractivity contribution in [1.29, 1.82) is 0 Å². The molecule has 0 radical (unpaired) electrons. The maximum atomic E-state index is 11.7. The average Bonchev–Trinajstić information content (AvgIpc) is 3.04. The Morgan fingerprint density at radius 2 is 2.33 bits per heavy atom. The summed E-state index contributed by atoms with van der Waals surface area (Å²) in [7, 11) is 0. The van der Waals surface area contributed by atoms with Crippen molar-refractivity contribution in [1.82, 2.24) is 5.43 Å². The van der Waals surface area contributed by atoms with Crippen LogP contribution in [0.1, 0.15) is 36.2 Å². The van der Waals surface area contributed by atoms with Crippen molar-refractivity contribution in [3.63, 3.8) is 0 Å². The summed E-state index contributed by atoms with van der Waals surface area (Å²) in [6, 6.07) is 3.31. The monoisotopic (exact) mass is 310 g/mol. The zero-order valence-corrected chi connectivity index (χ0v) is 11.5. The molecule has 2 fully saturated rings. The molecule has 0 aliphatic heterocycles. The molecule has 3 rings (SSSR count). The minimum atomic E-state index is -0.305. The average molecular weight is 311 g/mol. The normalized spacial score (nSPS) is 30.2. The van der Waals surface area contributed by atoms with Crippen molar-refractivity contribution in [2.45, 2.75) is 25.7 Å². The zero-order valence-electron chi connectivity index (χ0n) is 9.93. The molecule has 2 aliphatic rings. The molecule has 0 unspecified atom stereocenters. The summed E-state index contributed by atoms with van der Waals surface area (Å²) in [4.78, 5) is 11.7. The van der Waals surface area contributed by atoms with Crippen molar-refractivity contribution < 1.29 is 9.21 Å². The summed E-state index contributed by atoms with van der Waals surface area (Å²) in [5, 5.41) is 4.06. The number of nitrogens with zero attached hydrogens (tertiary/aromatic N) is 1. The molecule has 0 spiro atoms. The van der Waals surface area contributed by atoms with Gasteiger partial charge in [0.15, 0.2) is 10.4 Å². The van der Waals surface area contributed by atoms with E-state index in [2.05, 4.69) is 26.5 Å². The van der Waals surface area contributed by atoms with Crippen LogP contribution in [0.4, 0.5) is 0 Å². The molecule has 1 N–H and O–H groups in total. The van der Waals surface area contributed by atoms with Gasteiger partial charge in [-0.1, -0.05) is 6.42 Å². The van der Waals surface area contributed by atoms with Gasteiger partial charge in [-0.15, -0.1) is 0 Å². The molecule has 3 atom stereocenters. The molecular formula is C13H15BrN2O2. The van der Waals surface area contributed by atoms with Gasteiger partial charge in [-0.2, -0.15) is 5.10 Å². The third-order valence-corrected chi connectivity index (χ3v) is 4.45. The highest BCUT2D eigenvalue weighted by atomic mass is 79.9. The topological polar surface area (TPSA) is 54.6 Å². The van der Waals surface area contributed by atoms with Crippen molar-refractivity contribution in [2.75, 3.05) is 0 Å². The van der Waals surface area contributed by atoms with E-state index in [9.17, 15) is 4.79 Å². The summed E-state index contributed by atoms with van der Waals surface area (Å²) >= 11 is 3.16. The smallest absolute Gasteiger partial charge is 0.307 e. The minimum absolute atomic E-state index is 0.270. The number of halogens is 1. The Morgan fingerprint density at radius 3 is 2.94 bits per heavy atom. The first-order valence-electron chi connectivity index (χ1n) is 6.31. The fourth-order valence-electron chi connectivity index (χ4n) is 3.16. The molecule has 1 aromatic heterocycles. The highest BCUT2D eigenvalue weighted by Gasteiger charge is 2.38. The number of fused-ring (bicyclic) bond motifs is 2. The van der Waals surface area contributed by atoms with E-state index in [1.165, 1.54) is 25.7 Å². The Hall–Kier alpha value is -1.10. The van der Waals surface area contributed by atoms with E-state index in [1.807, 2.05) is 6.21 Å². The number of rotatable bonds is 3. The molecule has 4 nitrogen and oxygen atoms in total. The number of hydrogen-bond donors (Lipinski definition) is 1. The Bertz CT molecular complexity index is 483. The molecule has 2 bridgehead atoms. The number of hydrazone groups is 1. The number of amides is 1. The summed E-state index contributed by atoms with van der Waals surface area (Å²) in [5.74, 6) is 2.19. The van der Waals surface area contributed by atoms with Crippen LogP contribution in [0.2, 0.25) is 0 Å². The minimum Gasteiger partial charge on any atom is -0.444 e. The lowest BCUT2D eigenvalue weighted by Gasteiger charge is -2.16. The Morgan fingerprint density at radius 1 is 1.44 bits per heavy atom.